The maximum Gasteiger partial charge on any atom is 0.293 e. The quantitative estimate of drug-likeness (QED) is 0.597. The van der Waals surface area contributed by atoms with Crippen molar-refractivity contribution in [2.75, 3.05) is 33.9 Å². The van der Waals surface area contributed by atoms with E-state index in [9.17, 15) is 14.4 Å². The van der Waals surface area contributed by atoms with Gasteiger partial charge in [0.25, 0.3) is 17.1 Å². The number of ether oxygens (including phenoxy) is 3. The topological polar surface area (TPSA) is 94.2 Å². The van der Waals surface area contributed by atoms with Gasteiger partial charge in [-0.15, -0.1) is 0 Å². The molecule has 0 atom stereocenters. The highest BCUT2D eigenvalue weighted by molar-refractivity contribution is 8.18. The van der Waals surface area contributed by atoms with Gasteiger partial charge in [-0.05, 0) is 59.8 Å². The number of hydrogen-bond acceptors (Lipinski definition) is 7. The van der Waals surface area contributed by atoms with E-state index in [0.29, 0.717) is 22.2 Å². The maximum atomic E-state index is 12.5. The van der Waals surface area contributed by atoms with Crippen LogP contribution >= 0.6 is 11.8 Å². The number of imide groups is 1. The minimum absolute atomic E-state index is 0.0822. The maximum absolute atomic E-state index is 12.5. The summed E-state index contributed by atoms with van der Waals surface area (Å²) in [5, 5.41) is 2.28. The molecule has 0 aromatic heterocycles. The molecule has 1 aliphatic rings. The highest BCUT2D eigenvalue weighted by atomic mass is 32.2. The number of amides is 3. The van der Waals surface area contributed by atoms with Gasteiger partial charge < -0.3 is 19.5 Å². The van der Waals surface area contributed by atoms with Crippen LogP contribution in [-0.4, -0.2) is 55.9 Å². The van der Waals surface area contributed by atoms with Crippen molar-refractivity contribution in [3.8, 4) is 17.2 Å². The fraction of sp³-hybridized carbons (Fsp3) is 0.227. The fourth-order valence-electron chi connectivity index (χ4n) is 2.72. The molecule has 1 heterocycles. The van der Waals surface area contributed by atoms with Crippen LogP contribution in [0, 0.1) is 0 Å². The first-order valence-electron chi connectivity index (χ1n) is 9.43. The largest absolute Gasteiger partial charge is 0.497 e. The number of hydrogen-bond donors (Lipinski definition) is 1. The van der Waals surface area contributed by atoms with Crippen LogP contribution in [0.5, 0.6) is 17.2 Å². The third kappa shape index (κ3) is 6.02. The first kappa shape index (κ1) is 22.2. The van der Waals surface area contributed by atoms with E-state index >= 15 is 0 Å². The van der Waals surface area contributed by atoms with Gasteiger partial charge in [0.15, 0.2) is 6.61 Å². The highest BCUT2D eigenvalue weighted by Crippen LogP contribution is 2.32. The molecule has 1 fully saturated rings. The summed E-state index contributed by atoms with van der Waals surface area (Å²) in [6.45, 7) is 0.0448. The molecule has 162 valence electrons. The summed E-state index contributed by atoms with van der Waals surface area (Å²) in [4.78, 5) is 38.1. The van der Waals surface area contributed by atoms with Crippen molar-refractivity contribution in [2.24, 2.45) is 0 Å². The molecular formula is C22H22N2O6S. The molecule has 0 spiro atoms. The van der Waals surface area contributed by atoms with E-state index in [1.807, 2.05) is 0 Å². The van der Waals surface area contributed by atoms with Crippen molar-refractivity contribution >= 4 is 34.9 Å². The molecule has 31 heavy (non-hydrogen) atoms. The van der Waals surface area contributed by atoms with E-state index in [1.54, 1.807) is 68.8 Å². The van der Waals surface area contributed by atoms with E-state index in [-0.39, 0.29) is 36.7 Å². The second-order valence-corrected chi connectivity index (χ2v) is 7.41. The van der Waals surface area contributed by atoms with Crippen LogP contribution in [0.4, 0.5) is 4.79 Å². The molecule has 0 radical (unpaired) electrons. The van der Waals surface area contributed by atoms with Crippen LogP contribution in [0.1, 0.15) is 5.56 Å². The van der Waals surface area contributed by atoms with Gasteiger partial charge in [-0.2, -0.15) is 0 Å². The summed E-state index contributed by atoms with van der Waals surface area (Å²) in [6.07, 6.45) is 1.66. The van der Waals surface area contributed by atoms with Crippen molar-refractivity contribution in [1.29, 1.82) is 0 Å². The van der Waals surface area contributed by atoms with Crippen LogP contribution in [0.2, 0.25) is 0 Å². The van der Waals surface area contributed by atoms with Crippen LogP contribution in [0.3, 0.4) is 0 Å². The summed E-state index contributed by atoms with van der Waals surface area (Å²) >= 11 is 0.876. The van der Waals surface area contributed by atoms with Crippen LogP contribution in [0.25, 0.3) is 6.08 Å². The SMILES string of the molecule is COc1ccc(/C=C2\SC(=O)N(CCNC(=O)COc3ccc(OC)cc3)C2=O)cc1. The molecule has 3 amide bonds. The molecule has 1 N–H and O–H groups in total. The smallest absolute Gasteiger partial charge is 0.293 e. The van der Waals surface area contributed by atoms with E-state index in [0.717, 1.165) is 22.2 Å². The third-order valence-electron chi connectivity index (χ3n) is 4.37. The average molecular weight is 442 g/mol. The number of rotatable bonds is 9. The molecule has 1 aliphatic heterocycles. The Kier molecular flexibility index (Phi) is 7.55. The number of carbonyl (C=O) groups excluding carboxylic acids is 3. The molecule has 2 aromatic rings. The fourth-order valence-corrected chi connectivity index (χ4v) is 3.59. The van der Waals surface area contributed by atoms with E-state index in [1.165, 1.54) is 0 Å². The summed E-state index contributed by atoms with van der Waals surface area (Å²) < 4.78 is 15.6. The zero-order valence-corrected chi connectivity index (χ0v) is 17.9. The van der Waals surface area contributed by atoms with Crippen molar-refractivity contribution in [3.63, 3.8) is 0 Å². The Bertz CT molecular complexity index is 973. The lowest BCUT2D eigenvalue weighted by Crippen LogP contribution is -2.38. The highest BCUT2D eigenvalue weighted by Gasteiger charge is 2.34. The molecule has 2 aromatic carbocycles. The first-order valence-corrected chi connectivity index (χ1v) is 10.2. The Morgan fingerprint density at radius 2 is 1.55 bits per heavy atom. The van der Waals surface area contributed by atoms with Crippen LogP contribution < -0.4 is 19.5 Å². The molecule has 0 bridgehead atoms. The van der Waals surface area contributed by atoms with E-state index in [4.69, 9.17) is 14.2 Å². The van der Waals surface area contributed by atoms with Crippen LogP contribution in [-0.2, 0) is 9.59 Å². The minimum atomic E-state index is -0.380. The summed E-state index contributed by atoms with van der Waals surface area (Å²) in [5.74, 6) is 1.20. The van der Waals surface area contributed by atoms with Gasteiger partial charge >= 0.3 is 0 Å². The number of nitrogens with zero attached hydrogens (tertiary/aromatic N) is 1. The molecule has 9 heteroatoms. The number of thioether (sulfide) groups is 1. The van der Waals surface area contributed by atoms with Gasteiger partial charge in [-0.25, -0.2) is 0 Å². The average Bonchev–Trinajstić information content (AvgIpc) is 3.05. The molecule has 8 nitrogen and oxygen atoms in total. The lowest BCUT2D eigenvalue weighted by molar-refractivity contribution is -0.125. The van der Waals surface area contributed by atoms with Gasteiger partial charge in [0.1, 0.15) is 17.2 Å². The third-order valence-corrected chi connectivity index (χ3v) is 5.28. The molecule has 0 aliphatic carbocycles. The van der Waals surface area contributed by atoms with Gasteiger partial charge in [0.05, 0.1) is 19.1 Å². The molecule has 3 rings (SSSR count). The predicted molar refractivity (Wildman–Crippen MR) is 117 cm³/mol. The minimum Gasteiger partial charge on any atom is -0.497 e. The van der Waals surface area contributed by atoms with Gasteiger partial charge in [0, 0.05) is 13.1 Å². The molecule has 1 saturated heterocycles. The van der Waals surface area contributed by atoms with E-state index < -0.39 is 0 Å². The Hall–Kier alpha value is -3.46. The van der Waals surface area contributed by atoms with Crippen molar-refractivity contribution in [2.45, 2.75) is 0 Å². The van der Waals surface area contributed by atoms with Crippen LogP contribution in [0.15, 0.2) is 53.4 Å². The van der Waals surface area contributed by atoms with Crippen molar-refractivity contribution < 1.29 is 28.6 Å². The van der Waals surface area contributed by atoms with Gasteiger partial charge in [0.2, 0.25) is 0 Å². The lowest BCUT2D eigenvalue weighted by atomic mass is 10.2. The van der Waals surface area contributed by atoms with E-state index in [2.05, 4.69) is 5.32 Å². The number of carbonyl (C=O) groups is 3. The Morgan fingerprint density at radius 3 is 2.16 bits per heavy atom. The zero-order valence-electron chi connectivity index (χ0n) is 17.1. The second kappa shape index (κ2) is 10.5. The lowest BCUT2D eigenvalue weighted by Gasteiger charge is -2.13. The number of nitrogens with one attached hydrogen (secondary N) is 1. The summed E-state index contributed by atoms with van der Waals surface area (Å²) in [7, 11) is 3.14. The summed E-state index contributed by atoms with van der Waals surface area (Å²) in [6, 6.07) is 14.0. The number of methoxy groups -OCH3 is 2. The van der Waals surface area contributed by atoms with Crippen molar-refractivity contribution in [1.82, 2.24) is 10.2 Å². The van der Waals surface area contributed by atoms with Gasteiger partial charge in [-0.1, -0.05) is 12.1 Å². The second-order valence-electron chi connectivity index (χ2n) is 6.42. The zero-order chi connectivity index (χ0) is 22.2. The Labute approximate surface area is 184 Å². The first-order chi connectivity index (χ1) is 15.0. The summed E-state index contributed by atoms with van der Waals surface area (Å²) in [5.41, 5.74) is 0.787. The Balaban J connectivity index is 1.46. The van der Waals surface area contributed by atoms with Crippen molar-refractivity contribution in [3.05, 3.63) is 59.0 Å². The molecular weight excluding hydrogens is 420 g/mol. The monoisotopic (exact) mass is 442 g/mol. The predicted octanol–water partition coefficient (Wildman–Crippen LogP) is 2.94. The normalized spacial score (nSPS) is 14.6. The number of benzene rings is 2. The van der Waals surface area contributed by atoms with Gasteiger partial charge in [-0.3, -0.25) is 19.3 Å². The Morgan fingerprint density at radius 1 is 0.968 bits per heavy atom. The standard InChI is InChI=1S/C22H22N2O6S/c1-28-16-5-3-15(4-6-16)13-19-21(26)24(22(27)31-19)12-11-23-20(25)14-30-18-9-7-17(29-2)8-10-18/h3-10,13H,11-12,14H2,1-2H3,(H,23,25)/b19-13-. The molecule has 0 unspecified atom stereocenters. The molecule has 0 saturated carbocycles.